The molecule has 43 heavy (non-hydrogen) atoms. The van der Waals surface area contributed by atoms with Crippen LogP contribution in [0.25, 0.3) is 22.9 Å². The zero-order valence-electron chi connectivity index (χ0n) is 25.2. The van der Waals surface area contributed by atoms with E-state index in [4.69, 9.17) is 9.97 Å². The van der Waals surface area contributed by atoms with Crippen LogP contribution in [0.2, 0.25) is 0 Å². The van der Waals surface area contributed by atoms with E-state index in [1.54, 1.807) is 16.7 Å². The molecule has 4 atom stereocenters. The number of aromatic nitrogens is 4. The monoisotopic (exact) mass is 572 g/mol. The minimum absolute atomic E-state index is 0.369. The highest BCUT2D eigenvalue weighted by Crippen LogP contribution is 2.64. The lowest BCUT2D eigenvalue weighted by atomic mass is 9.64. The molecule has 222 valence electrons. The fourth-order valence-corrected chi connectivity index (χ4v) is 9.72. The second-order valence-corrected chi connectivity index (χ2v) is 14.1. The third-order valence-electron chi connectivity index (χ3n) is 11.9. The van der Waals surface area contributed by atoms with E-state index in [0.717, 1.165) is 43.3 Å². The standard InChI is InChI=1S/C37H44N6/c1-2-17-37(16-1)18-15-28-26(23-7-9-24(10-8-23)33-22-40-35(43-33)30-5-3-19-38-30)12-13-27(34(28)37)25-11-14-29-32(21-25)42-36(41-29)31-6-4-20-39-31/h7-10,12-13,21-22,28,30-31,34,38-39H,1-6,11,14-20H2,(H,40,43)(H,41,42). The highest BCUT2D eigenvalue weighted by Gasteiger charge is 2.53. The van der Waals surface area contributed by atoms with Gasteiger partial charge in [0.05, 0.1) is 29.7 Å². The van der Waals surface area contributed by atoms with E-state index in [1.807, 2.05) is 6.20 Å². The average molecular weight is 573 g/mol. The van der Waals surface area contributed by atoms with Crippen molar-refractivity contribution in [2.45, 2.75) is 89.1 Å². The van der Waals surface area contributed by atoms with Gasteiger partial charge in [0.1, 0.15) is 11.6 Å². The van der Waals surface area contributed by atoms with Gasteiger partial charge < -0.3 is 20.6 Å². The van der Waals surface area contributed by atoms with Gasteiger partial charge in [-0.25, -0.2) is 9.97 Å². The van der Waals surface area contributed by atoms with Crippen LogP contribution >= 0.6 is 0 Å². The van der Waals surface area contributed by atoms with Gasteiger partial charge in [-0.05, 0) is 128 Å². The Morgan fingerprint density at radius 3 is 2.23 bits per heavy atom. The van der Waals surface area contributed by atoms with E-state index in [0.29, 0.717) is 29.3 Å². The molecule has 0 radical (unpaired) electrons. The molecule has 4 unspecified atom stereocenters. The molecule has 1 aromatic carbocycles. The predicted octanol–water partition coefficient (Wildman–Crippen LogP) is 7.59. The van der Waals surface area contributed by atoms with E-state index in [-0.39, 0.29) is 0 Å². The van der Waals surface area contributed by atoms with Crippen LogP contribution in [-0.4, -0.2) is 33.0 Å². The molecule has 2 aliphatic heterocycles. The number of H-pyrrole nitrogens is 2. The molecule has 4 fully saturated rings. The first-order valence-corrected chi connectivity index (χ1v) is 17.1. The molecule has 6 heteroatoms. The van der Waals surface area contributed by atoms with Gasteiger partial charge in [0.25, 0.3) is 0 Å². The zero-order valence-corrected chi connectivity index (χ0v) is 25.2. The maximum atomic E-state index is 5.12. The van der Waals surface area contributed by atoms with Crippen LogP contribution in [0.1, 0.15) is 111 Å². The van der Waals surface area contributed by atoms with E-state index < -0.39 is 0 Å². The molecule has 0 bridgehead atoms. The van der Waals surface area contributed by atoms with E-state index in [9.17, 15) is 0 Å². The number of hydrogen-bond acceptors (Lipinski definition) is 4. The molecule has 4 heterocycles. The van der Waals surface area contributed by atoms with Crippen LogP contribution in [0, 0.1) is 17.3 Å². The van der Waals surface area contributed by atoms with Gasteiger partial charge in [-0.15, -0.1) is 0 Å². The summed E-state index contributed by atoms with van der Waals surface area (Å²) in [5, 5.41) is 7.18. The number of nitrogens with one attached hydrogen (secondary N) is 4. The van der Waals surface area contributed by atoms with Crippen LogP contribution in [0.15, 0.2) is 53.8 Å². The third kappa shape index (κ3) is 4.43. The van der Waals surface area contributed by atoms with Crippen molar-refractivity contribution in [3.63, 3.8) is 0 Å². The molecule has 6 aliphatic rings. The van der Waals surface area contributed by atoms with E-state index in [1.165, 1.54) is 86.7 Å². The van der Waals surface area contributed by atoms with Crippen molar-refractivity contribution in [2.75, 3.05) is 13.1 Å². The van der Waals surface area contributed by atoms with Gasteiger partial charge in [-0.2, -0.15) is 0 Å². The minimum atomic E-state index is 0.369. The van der Waals surface area contributed by atoms with Crippen molar-refractivity contribution < 1.29 is 0 Å². The van der Waals surface area contributed by atoms with Gasteiger partial charge in [-0.1, -0.05) is 49.3 Å². The average Bonchev–Trinajstić information content (AvgIpc) is 3.89. The lowest BCUT2D eigenvalue weighted by molar-refractivity contribution is 0.224. The Morgan fingerprint density at radius 2 is 1.47 bits per heavy atom. The van der Waals surface area contributed by atoms with Crippen molar-refractivity contribution in [1.29, 1.82) is 0 Å². The zero-order chi connectivity index (χ0) is 28.4. The van der Waals surface area contributed by atoms with Gasteiger partial charge in [0.15, 0.2) is 0 Å². The summed E-state index contributed by atoms with van der Waals surface area (Å²) in [6, 6.07) is 10.1. The summed E-state index contributed by atoms with van der Waals surface area (Å²) in [6.45, 7) is 2.19. The quantitative estimate of drug-likeness (QED) is 0.254. The van der Waals surface area contributed by atoms with Crippen molar-refractivity contribution in [2.24, 2.45) is 17.3 Å². The summed E-state index contributed by atoms with van der Waals surface area (Å²) in [6.07, 6.45) is 24.8. The van der Waals surface area contributed by atoms with E-state index in [2.05, 4.69) is 63.1 Å². The number of aromatic amines is 2. The first-order chi connectivity index (χ1) is 21.2. The second-order valence-electron chi connectivity index (χ2n) is 14.1. The second kappa shape index (κ2) is 10.4. The smallest absolute Gasteiger partial charge is 0.124 e. The Bertz CT molecular complexity index is 1600. The normalized spacial score (nSPS) is 29.4. The molecule has 1 spiro atoms. The fraction of sp³-hybridized carbons (Fsp3) is 0.514. The number of imidazole rings is 2. The molecule has 2 saturated carbocycles. The maximum absolute atomic E-state index is 5.12. The van der Waals surface area contributed by atoms with Gasteiger partial charge in [0, 0.05) is 5.69 Å². The molecule has 0 amide bonds. The molecule has 3 aromatic rings. The van der Waals surface area contributed by atoms with Crippen molar-refractivity contribution in [3.8, 4) is 11.3 Å². The highest BCUT2D eigenvalue weighted by atomic mass is 15.1. The third-order valence-corrected chi connectivity index (χ3v) is 11.9. The number of benzene rings is 1. The van der Waals surface area contributed by atoms with Crippen LogP contribution in [0.5, 0.6) is 0 Å². The van der Waals surface area contributed by atoms with Crippen LogP contribution < -0.4 is 10.6 Å². The molecule has 4 N–H and O–H groups in total. The van der Waals surface area contributed by atoms with Crippen LogP contribution in [0.4, 0.5) is 0 Å². The molecule has 2 saturated heterocycles. The summed E-state index contributed by atoms with van der Waals surface area (Å²) < 4.78 is 0. The largest absolute Gasteiger partial charge is 0.344 e. The summed E-state index contributed by atoms with van der Waals surface area (Å²) >= 11 is 0. The molecule has 2 aromatic heterocycles. The summed E-state index contributed by atoms with van der Waals surface area (Å²) in [5.74, 6) is 3.46. The maximum Gasteiger partial charge on any atom is 0.124 e. The van der Waals surface area contributed by atoms with Gasteiger partial charge >= 0.3 is 0 Å². The Hall–Kier alpha value is -3.22. The molecule has 6 nitrogen and oxygen atoms in total. The molecule has 4 aliphatic carbocycles. The minimum Gasteiger partial charge on any atom is -0.344 e. The Balaban J connectivity index is 1.04. The number of rotatable bonds is 5. The Morgan fingerprint density at radius 1 is 0.721 bits per heavy atom. The first-order valence-electron chi connectivity index (χ1n) is 17.1. The Labute approximate surface area is 255 Å². The van der Waals surface area contributed by atoms with Gasteiger partial charge in [0.2, 0.25) is 0 Å². The van der Waals surface area contributed by atoms with Crippen molar-refractivity contribution in [3.05, 3.63) is 82.4 Å². The molecular weight excluding hydrogens is 528 g/mol. The topological polar surface area (TPSA) is 81.4 Å². The fourth-order valence-electron chi connectivity index (χ4n) is 9.72. The summed E-state index contributed by atoms with van der Waals surface area (Å²) in [4.78, 5) is 17.1. The Kier molecular flexibility index (Phi) is 6.37. The van der Waals surface area contributed by atoms with Crippen molar-refractivity contribution >= 4 is 11.6 Å². The lowest BCUT2D eigenvalue weighted by Gasteiger charge is -2.40. The highest BCUT2D eigenvalue weighted by molar-refractivity contribution is 5.76. The first kappa shape index (κ1) is 26.2. The van der Waals surface area contributed by atoms with Gasteiger partial charge in [-0.3, -0.25) is 0 Å². The molecular formula is C37H44N6. The number of hydrogen-bond donors (Lipinski definition) is 4. The SMILES string of the molecule is C1=C(C2=CC=C(c3ccc(-c4cnc(C5CCCN5)[nH]4)cc3)C3CCC4(CCCC4)C23)CCc2[nH]c(C3CCCN3)nc21. The van der Waals surface area contributed by atoms with E-state index >= 15 is 0 Å². The summed E-state index contributed by atoms with van der Waals surface area (Å²) in [7, 11) is 0. The number of allylic oxidation sites excluding steroid dienone is 5. The molecule has 9 rings (SSSR count). The lowest BCUT2D eigenvalue weighted by Crippen LogP contribution is -2.30. The number of fused-ring (bicyclic) bond motifs is 3. The van der Waals surface area contributed by atoms with Crippen LogP contribution in [-0.2, 0) is 6.42 Å². The number of nitrogens with zero attached hydrogens (tertiary/aromatic N) is 2. The van der Waals surface area contributed by atoms with Crippen molar-refractivity contribution in [1.82, 2.24) is 30.6 Å². The summed E-state index contributed by atoms with van der Waals surface area (Å²) in [5.41, 5.74) is 11.5. The predicted molar refractivity (Wildman–Crippen MR) is 172 cm³/mol. The van der Waals surface area contributed by atoms with Crippen LogP contribution in [0.3, 0.4) is 0 Å². The number of aryl methyl sites for hydroxylation is 1.